The first-order valence-electron chi connectivity index (χ1n) is 10.5. The van der Waals surface area contributed by atoms with Gasteiger partial charge in [-0.05, 0) is 55.6 Å². The van der Waals surface area contributed by atoms with E-state index in [1.807, 2.05) is 42.2 Å². The molecule has 0 radical (unpaired) electrons. The third-order valence-corrected chi connectivity index (χ3v) is 11.0. The largest absolute Gasteiger partial charge is 0.458 e. The Kier molecular flexibility index (Phi) is 6.34. The highest BCUT2D eigenvalue weighted by atomic mass is 28.4. The van der Waals surface area contributed by atoms with E-state index in [-0.39, 0.29) is 29.1 Å². The molecule has 0 bridgehead atoms. The molecule has 3 rings (SSSR count). The summed E-state index contributed by atoms with van der Waals surface area (Å²) >= 11 is 0. The molecule has 0 unspecified atom stereocenters. The van der Waals surface area contributed by atoms with E-state index in [9.17, 15) is 4.79 Å². The molecule has 1 saturated carbocycles. The summed E-state index contributed by atoms with van der Waals surface area (Å²) in [7, 11) is 0.0910. The van der Waals surface area contributed by atoms with Crippen LogP contribution in [-0.4, -0.2) is 36.3 Å². The zero-order chi connectivity index (χ0) is 21.2. The van der Waals surface area contributed by atoms with Crippen molar-refractivity contribution >= 4 is 14.3 Å². The SMILES string of the molecule is Cn1nccc1[C@H]1C[C@H](O[Si](C)(C)C(C)(C)C)CC[C@@H]1OC(=O)c1ccccc1. The summed E-state index contributed by atoms with van der Waals surface area (Å²) in [6.07, 6.45) is 4.38. The molecule has 0 aliphatic heterocycles. The van der Waals surface area contributed by atoms with E-state index in [4.69, 9.17) is 9.16 Å². The van der Waals surface area contributed by atoms with Crippen molar-refractivity contribution < 1.29 is 14.0 Å². The fourth-order valence-electron chi connectivity index (χ4n) is 3.78. The number of carbonyl (C=O) groups is 1. The summed E-state index contributed by atoms with van der Waals surface area (Å²) in [5.74, 6) is -0.176. The van der Waals surface area contributed by atoms with Crippen molar-refractivity contribution in [2.75, 3.05) is 0 Å². The number of hydrogen-bond acceptors (Lipinski definition) is 4. The van der Waals surface area contributed by atoms with Crippen molar-refractivity contribution in [3.8, 4) is 0 Å². The van der Waals surface area contributed by atoms with E-state index in [0.717, 1.165) is 25.0 Å². The van der Waals surface area contributed by atoms with Gasteiger partial charge in [0.15, 0.2) is 8.32 Å². The molecule has 5 nitrogen and oxygen atoms in total. The van der Waals surface area contributed by atoms with E-state index in [2.05, 4.69) is 39.0 Å². The molecule has 1 aliphatic rings. The van der Waals surface area contributed by atoms with Gasteiger partial charge in [0.25, 0.3) is 0 Å². The second-order valence-corrected chi connectivity index (χ2v) is 14.4. The molecule has 1 aromatic carbocycles. The van der Waals surface area contributed by atoms with Gasteiger partial charge >= 0.3 is 5.97 Å². The van der Waals surface area contributed by atoms with Crippen LogP contribution in [0.3, 0.4) is 0 Å². The first-order valence-corrected chi connectivity index (χ1v) is 13.4. The van der Waals surface area contributed by atoms with Crippen LogP contribution < -0.4 is 0 Å². The minimum atomic E-state index is -1.86. The summed E-state index contributed by atoms with van der Waals surface area (Å²) in [5.41, 5.74) is 1.69. The number of carbonyl (C=O) groups excluding carboxylic acids is 1. The minimum Gasteiger partial charge on any atom is -0.458 e. The zero-order valence-electron chi connectivity index (χ0n) is 18.5. The molecule has 0 spiro atoms. The van der Waals surface area contributed by atoms with Crippen LogP contribution >= 0.6 is 0 Å². The van der Waals surface area contributed by atoms with Crippen LogP contribution in [0, 0.1) is 0 Å². The topological polar surface area (TPSA) is 53.4 Å². The first-order chi connectivity index (χ1) is 13.6. The minimum absolute atomic E-state index is 0.0821. The maximum absolute atomic E-state index is 12.7. The molecule has 1 fully saturated rings. The normalized spacial score (nSPS) is 23.0. The van der Waals surface area contributed by atoms with Gasteiger partial charge in [-0.15, -0.1) is 0 Å². The molecule has 1 aromatic heterocycles. The summed E-state index contributed by atoms with van der Waals surface area (Å²) in [6, 6.07) is 11.3. The van der Waals surface area contributed by atoms with Crippen molar-refractivity contribution in [2.24, 2.45) is 7.05 Å². The highest BCUT2D eigenvalue weighted by molar-refractivity contribution is 6.74. The van der Waals surface area contributed by atoms with Crippen LogP contribution in [0.25, 0.3) is 0 Å². The van der Waals surface area contributed by atoms with Gasteiger partial charge in [0.2, 0.25) is 0 Å². The highest BCUT2D eigenvalue weighted by Gasteiger charge is 2.43. The molecule has 1 aliphatic carbocycles. The molecule has 2 aromatic rings. The summed E-state index contributed by atoms with van der Waals surface area (Å²) < 4.78 is 14.6. The average Bonchev–Trinajstić information content (AvgIpc) is 3.08. The first kappa shape index (κ1) is 21.8. The van der Waals surface area contributed by atoms with E-state index in [0.29, 0.717) is 5.56 Å². The lowest BCUT2D eigenvalue weighted by molar-refractivity contribution is -0.00472. The van der Waals surface area contributed by atoms with Crippen LogP contribution in [0.1, 0.15) is 62.0 Å². The van der Waals surface area contributed by atoms with Crippen molar-refractivity contribution in [3.05, 3.63) is 53.9 Å². The number of rotatable bonds is 5. The van der Waals surface area contributed by atoms with Gasteiger partial charge in [0.05, 0.1) is 5.56 Å². The summed E-state index contributed by atoms with van der Waals surface area (Å²) in [4.78, 5) is 12.7. The quantitative estimate of drug-likeness (QED) is 0.492. The Morgan fingerprint density at radius 3 is 2.41 bits per heavy atom. The fourth-order valence-corrected chi connectivity index (χ4v) is 5.19. The van der Waals surface area contributed by atoms with Crippen LogP contribution in [0.5, 0.6) is 0 Å². The summed E-state index contributed by atoms with van der Waals surface area (Å²) in [6.45, 7) is 11.4. The molecule has 0 N–H and O–H groups in total. The van der Waals surface area contributed by atoms with Gasteiger partial charge in [0.1, 0.15) is 6.10 Å². The molecule has 158 valence electrons. The predicted molar refractivity (Wildman–Crippen MR) is 118 cm³/mol. The van der Waals surface area contributed by atoms with Crippen molar-refractivity contribution in [2.45, 2.75) is 76.3 Å². The zero-order valence-corrected chi connectivity index (χ0v) is 19.5. The fraction of sp³-hybridized carbons (Fsp3) is 0.565. The Labute approximate surface area is 175 Å². The number of nitrogens with zero attached hydrogens (tertiary/aromatic N) is 2. The third-order valence-electron chi connectivity index (χ3n) is 6.51. The monoisotopic (exact) mass is 414 g/mol. The van der Waals surface area contributed by atoms with Gasteiger partial charge < -0.3 is 9.16 Å². The number of hydrogen-bond donors (Lipinski definition) is 0. The molecule has 3 atom stereocenters. The Morgan fingerprint density at radius 1 is 1.14 bits per heavy atom. The van der Waals surface area contributed by atoms with E-state index >= 15 is 0 Å². The van der Waals surface area contributed by atoms with Crippen molar-refractivity contribution in [1.29, 1.82) is 0 Å². The second kappa shape index (κ2) is 8.44. The van der Waals surface area contributed by atoms with E-state index in [1.165, 1.54) is 0 Å². The number of aromatic nitrogens is 2. The lowest BCUT2D eigenvalue weighted by Gasteiger charge is -2.43. The van der Waals surface area contributed by atoms with Crippen molar-refractivity contribution in [1.82, 2.24) is 9.78 Å². The van der Waals surface area contributed by atoms with Crippen LogP contribution in [0.4, 0.5) is 0 Å². The predicted octanol–water partition coefficient (Wildman–Crippen LogP) is 5.30. The standard InChI is InChI=1S/C23H34N2O3Si/c1-23(2,3)29(5,6)28-18-12-13-21(19(16-18)20-14-15-24-25(20)4)27-22(26)17-10-8-7-9-11-17/h7-11,14-15,18-19,21H,12-13,16H2,1-6H3/t18-,19-,21+/m1/s1. The Bertz CT molecular complexity index is 826. The number of benzene rings is 1. The average molecular weight is 415 g/mol. The van der Waals surface area contributed by atoms with Crippen LogP contribution in [-0.2, 0) is 16.2 Å². The van der Waals surface area contributed by atoms with Gasteiger partial charge in [-0.25, -0.2) is 4.79 Å². The maximum atomic E-state index is 12.7. The lowest BCUT2D eigenvalue weighted by Crippen LogP contribution is -2.46. The van der Waals surface area contributed by atoms with Crippen molar-refractivity contribution in [3.63, 3.8) is 0 Å². The Morgan fingerprint density at radius 2 is 1.83 bits per heavy atom. The maximum Gasteiger partial charge on any atom is 0.338 e. The third kappa shape index (κ3) is 4.98. The molecule has 0 saturated heterocycles. The van der Waals surface area contributed by atoms with Gasteiger partial charge in [-0.3, -0.25) is 4.68 Å². The molecule has 6 heteroatoms. The van der Waals surface area contributed by atoms with E-state index in [1.54, 1.807) is 12.1 Å². The number of esters is 1. The Balaban J connectivity index is 1.78. The molecular formula is C23H34N2O3Si. The summed E-state index contributed by atoms with van der Waals surface area (Å²) in [5, 5.41) is 4.52. The smallest absolute Gasteiger partial charge is 0.338 e. The van der Waals surface area contributed by atoms with Gasteiger partial charge in [-0.2, -0.15) is 5.10 Å². The molecule has 29 heavy (non-hydrogen) atoms. The molecule has 1 heterocycles. The van der Waals surface area contributed by atoms with E-state index < -0.39 is 8.32 Å². The second-order valence-electron chi connectivity index (χ2n) is 9.61. The van der Waals surface area contributed by atoms with Gasteiger partial charge in [0, 0.05) is 31.0 Å². The molecular weight excluding hydrogens is 380 g/mol. The Hall–Kier alpha value is -1.92. The number of ether oxygens (including phenoxy) is 1. The number of aryl methyl sites for hydroxylation is 1. The van der Waals surface area contributed by atoms with Gasteiger partial charge in [-0.1, -0.05) is 39.0 Å². The lowest BCUT2D eigenvalue weighted by atomic mass is 9.82. The van der Waals surface area contributed by atoms with Crippen LogP contribution in [0.15, 0.2) is 42.6 Å². The molecule has 0 amide bonds. The highest BCUT2D eigenvalue weighted by Crippen LogP contribution is 2.42. The van der Waals surface area contributed by atoms with Crippen LogP contribution in [0.2, 0.25) is 18.1 Å².